The molecular weight excluding hydrogens is 360 g/mol. The summed E-state index contributed by atoms with van der Waals surface area (Å²) in [5, 5.41) is 5.54. The van der Waals surface area contributed by atoms with Gasteiger partial charge < -0.3 is 24.8 Å². The lowest BCUT2D eigenvalue weighted by Crippen LogP contribution is -2.15. The van der Waals surface area contributed by atoms with E-state index in [1.165, 1.54) is 40.4 Å². The fourth-order valence-corrected chi connectivity index (χ4v) is 2.49. The summed E-state index contributed by atoms with van der Waals surface area (Å²) in [5.41, 5.74) is 1.03. The lowest BCUT2D eigenvalue weighted by atomic mass is 10.1. The fraction of sp³-hybridized carbons (Fsp3) is 0.222. The van der Waals surface area contributed by atoms with Crippen LogP contribution in [0.4, 0.5) is 11.4 Å². The Morgan fingerprint density at radius 3 is 2.15 bits per heavy atom. The van der Waals surface area contributed by atoms with Crippen molar-refractivity contribution in [3.8, 4) is 17.2 Å². The molecule has 0 aliphatic rings. The molecular formula is C18H19ClN2O5. The first-order valence-electron chi connectivity index (χ1n) is 7.58. The number of nitrogens with one attached hydrogen (secondary N) is 2. The van der Waals surface area contributed by atoms with Gasteiger partial charge in [-0.3, -0.25) is 9.59 Å². The van der Waals surface area contributed by atoms with Crippen LogP contribution in [-0.4, -0.2) is 33.1 Å². The molecule has 0 unspecified atom stereocenters. The van der Waals surface area contributed by atoms with Gasteiger partial charge in [-0.2, -0.15) is 0 Å². The number of carbonyl (C=O) groups excluding carboxylic acids is 2. The van der Waals surface area contributed by atoms with Gasteiger partial charge in [0.05, 0.1) is 43.3 Å². The minimum Gasteiger partial charge on any atom is -0.497 e. The van der Waals surface area contributed by atoms with Crippen LogP contribution in [0.2, 0.25) is 5.02 Å². The van der Waals surface area contributed by atoms with Gasteiger partial charge in [0.15, 0.2) is 0 Å². The van der Waals surface area contributed by atoms with Crippen LogP contribution in [0, 0.1) is 0 Å². The molecule has 0 fully saturated rings. The van der Waals surface area contributed by atoms with E-state index in [1.54, 1.807) is 18.2 Å². The Kier molecular flexibility index (Phi) is 6.30. The van der Waals surface area contributed by atoms with Crippen molar-refractivity contribution in [2.75, 3.05) is 32.0 Å². The number of ether oxygens (including phenoxy) is 3. The Morgan fingerprint density at radius 1 is 0.885 bits per heavy atom. The first-order valence-corrected chi connectivity index (χ1v) is 7.96. The maximum Gasteiger partial charge on any atom is 0.259 e. The third kappa shape index (κ3) is 4.37. The first-order chi connectivity index (χ1) is 12.4. The lowest BCUT2D eigenvalue weighted by Gasteiger charge is -2.15. The summed E-state index contributed by atoms with van der Waals surface area (Å²) in [6.45, 7) is 1.36. The number of benzene rings is 2. The van der Waals surface area contributed by atoms with E-state index >= 15 is 0 Å². The molecule has 0 saturated carbocycles. The van der Waals surface area contributed by atoms with Crippen LogP contribution in [-0.2, 0) is 4.79 Å². The molecule has 0 heterocycles. The van der Waals surface area contributed by atoms with Gasteiger partial charge in [-0.05, 0) is 18.2 Å². The molecule has 2 aromatic carbocycles. The molecule has 2 aromatic rings. The summed E-state index contributed by atoms with van der Waals surface area (Å²) in [6.07, 6.45) is 0. The molecule has 0 atom stereocenters. The molecule has 0 spiro atoms. The number of carbonyl (C=O) groups is 2. The van der Waals surface area contributed by atoms with Gasteiger partial charge in [0.2, 0.25) is 5.91 Å². The number of rotatable bonds is 6. The highest BCUT2D eigenvalue weighted by Gasteiger charge is 2.18. The summed E-state index contributed by atoms with van der Waals surface area (Å²) in [6, 6.07) is 7.93. The Hall–Kier alpha value is -2.93. The normalized spacial score (nSPS) is 10.0. The predicted octanol–water partition coefficient (Wildman–Crippen LogP) is 3.58. The van der Waals surface area contributed by atoms with Crippen LogP contribution in [0.25, 0.3) is 0 Å². The highest BCUT2D eigenvalue weighted by Crippen LogP contribution is 2.33. The molecule has 0 bridgehead atoms. The van der Waals surface area contributed by atoms with Crippen molar-refractivity contribution >= 4 is 34.8 Å². The van der Waals surface area contributed by atoms with Crippen LogP contribution in [0.1, 0.15) is 17.3 Å². The van der Waals surface area contributed by atoms with Crippen molar-refractivity contribution in [1.29, 1.82) is 0 Å². The van der Waals surface area contributed by atoms with Crippen LogP contribution in [0.3, 0.4) is 0 Å². The Morgan fingerprint density at radius 2 is 1.58 bits per heavy atom. The minimum atomic E-state index is -0.443. The molecule has 8 heteroatoms. The summed E-state index contributed by atoms with van der Waals surface area (Å²) >= 11 is 6.16. The van der Waals surface area contributed by atoms with Gasteiger partial charge in [-0.1, -0.05) is 11.6 Å². The van der Waals surface area contributed by atoms with E-state index in [0.29, 0.717) is 22.9 Å². The van der Waals surface area contributed by atoms with E-state index in [2.05, 4.69) is 10.6 Å². The average molecular weight is 379 g/mol. The van der Waals surface area contributed by atoms with Crippen molar-refractivity contribution in [3.63, 3.8) is 0 Å². The molecule has 138 valence electrons. The van der Waals surface area contributed by atoms with E-state index in [-0.39, 0.29) is 22.2 Å². The number of methoxy groups -OCH3 is 3. The standard InChI is InChI=1S/C18H19ClN2O5/c1-10(22)20-15-9-16(25-3)12(8-13(15)19)18(23)21-14-6-5-11(24-2)7-17(14)26-4/h5-9H,1-4H3,(H,20,22)(H,21,23). The molecule has 2 rings (SSSR count). The van der Waals surface area contributed by atoms with Gasteiger partial charge in [0.25, 0.3) is 5.91 Å². The number of hydrogen-bond donors (Lipinski definition) is 2. The van der Waals surface area contributed by atoms with Gasteiger partial charge in [0.1, 0.15) is 17.2 Å². The van der Waals surface area contributed by atoms with Crippen LogP contribution in [0.5, 0.6) is 17.2 Å². The zero-order chi connectivity index (χ0) is 19.3. The maximum absolute atomic E-state index is 12.7. The van der Waals surface area contributed by atoms with E-state index in [4.69, 9.17) is 25.8 Å². The number of hydrogen-bond acceptors (Lipinski definition) is 5. The summed E-state index contributed by atoms with van der Waals surface area (Å²) in [7, 11) is 4.45. The second-order valence-corrected chi connectivity index (χ2v) is 5.64. The molecule has 0 aliphatic carbocycles. The molecule has 0 aliphatic heterocycles. The van der Waals surface area contributed by atoms with Crippen molar-refractivity contribution in [1.82, 2.24) is 0 Å². The fourth-order valence-electron chi connectivity index (χ4n) is 2.28. The summed E-state index contributed by atoms with van der Waals surface area (Å²) in [4.78, 5) is 23.9. The number of halogens is 1. The molecule has 7 nitrogen and oxygen atoms in total. The first kappa shape index (κ1) is 19.4. The van der Waals surface area contributed by atoms with Crippen LogP contribution >= 0.6 is 11.6 Å². The van der Waals surface area contributed by atoms with Crippen molar-refractivity contribution in [3.05, 3.63) is 40.9 Å². The van der Waals surface area contributed by atoms with Gasteiger partial charge in [-0.15, -0.1) is 0 Å². The topological polar surface area (TPSA) is 85.9 Å². The SMILES string of the molecule is COc1ccc(NC(=O)c2cc(Cl)c(NC(C)=O)cc2OC)c(OC)c1. The molecule has 2 amide bonds. The van der Waals surface area contributed by atoms with Crippen molar-refractivity contribution < 1.29 is 23.8 Å². The maximum atomic E-state index is 12.7. The predicted molar refractivity (Wildman–Crippen MR) is 99.8 cm³/mol. The zero-order valence-corrected chi connectivity index (χ0v) is 15.6. The zero-order valence-electron chi connectivity index (χ0n) is 14.8. The summed E-state index contributed by atoms with van der Waals surface area (Å²) in [5.74, 6) is 0.580. The Bertz CT molecular complexity index is 839. The highest BCUT2D eigenvalue weighted by molar-refractivity contribution is 6.34. The number of anilines is 2. The van der Waals surface area contributed by atoms with Gasteiger partial charge in [0, 0.05) is 19.1 Å². The average Bonchev–Trinajstić information content (AvgIpc) is 2.62. The largest absolute Gasteiger partial charge is 0.497 e. The van der Waals surface area contributed by atoms with E-state index in [1.807, 2.05) is 0 Å². The third-order valence-corrected chi connectivity index (χ3v) is 3.81. The number of amides is 2. The monoisotopic (exact) mass is 378 g/mol. The molecule has 0 radical (unpaired) electrons. The smallest absolute Gasteiger partial charge is 0.259 e. The molecule has 26 heavy (non-hydrogen) atoms. The minimum absolute atomic E-state index is 0.212. The van der Waals surface area contributed by atoms with Gasteiger partial charge >= 0.3 is 0 Å². The lowest BCUT2D eigenvalue weighted by molar-refractivity contribution is -0.114. The Balaban J connectivity index is 2.35. The quantitative estimate of drug-likeness (QED) is 0.802. The van der Waals surface area contributed by atoms with Crippen LogP contribution in [0.15, 0.2) is 30.3 Å². The van der Waals surface area contributed by atoms with Crippen molar-refractivity contribution in [2.24, 2.45) is 0 Å². The highest BCUT2D eigenvalue weighted by atomic mass is 35.5. The summed E-state index contributed by atoms with van der Waals surface area (Å²) < 4.78 is 15.7. The van der Waals surface area contributed by atoms with E-state index < -0.39 is 5.91 Å². The second kappa shape index (κ2) is 8.44. The third-order valence-electron chi connectivity index (χ3n) is 3.50. The second-order valence-electron chi connectivity index (χ2n) is 5.23. The molecule has 0 saturated heterocycles. The molecule has 2 N–H and O–H groups in total. The van der Waals surface area contributed by atoms with Crippen LogP contribution < -0.4 is 24.8 Å². The molecule has 0 aromatic heterocycles. The van der Waals surface area contributed by atoms with E-state index in [0.717, 1.165) is 0 Å². The van der Waals surface area contributed by atoms with Crippen molar-refractivity contribution in [2.45, 2.75) is 6.92 Å². The van der Waals surface area contributed by atoms with Gasteiger partial charge in [-0.25, -0.2) is 0 Å². The Labute approximate surface area is 156 Å². The van der Waals surface area contributed by atoms with E-state index in [9.17, 15) is 9.59 Å².